The molecule has 2 aliphatic rings. The summed E-state index contributed by atoms with van der Waals surface area (Å²) in [4.78, 5) is 12.2. The number of fused-ring (bicyclic) bond motifs is 5. The summed E-state index contributed by atoms with van der Waals surface area (Å²) in [6.45, 7) is 16.0. The molecule has 0 aliphatic carbocycles. The number of para-hydroxylation sites is 1. The van der Waals surface area contributed by atoms with Crippen molar-refractivity contribution in [2.24, 2.45) is 5.41 Å². The highest BCUT2D eigenvalue weighted by Crippen LogP contribution is 2.63. The van der Waals surface area contributed by atoms with Crippen LogP contribution >= 0.6 is 0 Å². The van der Waals surface area contributed by atoms with E-state index >= 15 is 0 Å². The quantitative estimate of drug-likeness (QED) is 0.186. The Morgan fingerprint density at radius 1 is 0.976 bits per heavy atom. The van der Waals surface area contributed by atoms with Crippen LogP contribution in [-0.2, 0) is 5.41 Å². The predicted octanol–water partition coefficient (Wildman–Crippen LogP) is 10.0. The van der Waals surface area contributed by atoms with Crippen molar-refractivity contribution in [3.63, 3.8) is 0 Å². The average Bonchev–Trinajstić information content (AvgIpc) is 3.31. The van der Waals surface area contributed by atoms with Crippen molar-refractivity contribution >= 4 is 28.6 Å². The molecule has 3 heterocycles. The lowest BCUT2D eigenvalue weighted by Gasteiger charge is -2.58. The lowest BCUT2D eigenvalue weighted by atomic mass is 9.55. The van der Waals surface area contributed by atoms with Gasteiger partial charge in [-0.05, 0) is 73.4 Å². The van der Waals surface area contributed by atoms with Gasteiger partial charge in [-0.3, -0.25) is 0 Å². The molecule has 3 atom stereocenters. The van der Waals surface area contributed by atoms with E-state index in [1.807, 2.05) is 12.3 Å². The zero-order valence-electron chi connectivity index (χ0n) is 25.8. The number of allylic oxidation sites excluding steroid dienone is 4. The van der Waals surface area contributed by atoms with Gasteiger partial charge in [-0.15, -0.1) is 0 Å². The van der Waals surface area contributed by atoms with Gasteiger partial charge in [0.05, 0.1) is 5.69 Å². The molecular weight excluding hydrogens is 500 g/mol. The molecule has 0 saturated carbocycles. The summed E-state index contributed by atoms with van der Waals surface area (Å²) in [5.41, 5.74) is 7.25. The molecule has 0 saturated heterocycles. The zero-order chi connectivity index (χ0) is 29.2. The minimum absolute atomic E-state index is 0.00942. The molecule has 4 nitrogen and oxygen atoms in total. The molecule has 2 aliphatic heterocycles. The van der Waals surface area contributed by atoms with Crippen molar-refractivity contribution in [2.75, 3.05) is 21.7 Å². The second-order valence-corrected chi connectivity index (χ2v) is 11.9. The topological polar surface area (TPSA) is 22.6 Å². The van der Waals surface area contributed by atoms with Gasteiger partial charge in [0.15, 0.2) is 5.82 Å². The molecule has 0 bridgehead atoms. The molecule has 1 aromatic heterocycles. The smallest absolute Gasteiger partial charge is 0.153 e. The van der Waals surface area contributed by atoms with E-state index in [4.69, 9.17) is 4.98 Å². The Morgan fingerprint density at radius 2 is 1.76 bits per heavy atom. The van der Waals surface area contributed by atoms with Gasteiger partial charge >= 0.3 is 0 Å². The third kappa shape index (κ3) is 4.58. The first-order valence-corrected chi connectivity index (χ1v) is 15.3. The summed E-state index contributed by atoms with van der Waals surface area (Å²) < 4.78 is 0. The molecule has 41 heavy (non-hydrogen) atoms. The van der Waals surface area contributed by atoms with Crippen molar-refractivity contribution in [1.82, 2.24) is 4.98 Å². The van der Waals surface area contributed by atoms with Gasteiger partial charge in [-0.1, -0.05) is 90.5 Å². The normalized spacial score (nSPS) is 23.4. The van der Waals surface area contributed by atoms with Crippen LogP contribution in [-0.4, -0.2) is 18.2 Å². The minimum atomic E-state index is -0.00942. The van der Waals surface area contributed by atoms with Crippen molar-refractivity contribution in [1.29, 1.82) is 0 Å². The van der Waals surface area contributed by atoms with Crippen LogP contribution in [0.5, 0.6) is 0 Å². The van der Waals surface area contributed by atoms with E-state index < -0.39 is 0 Å². The van der Waals surface area contributed by atoms with Gasteiger partial charge in [0, 0.05) is 46.8 Å². The van der Waals surface area contributed by atoms with Gasteiger partial charge < -0.3 is 14.7 Å². The standard InChI is InChI=1S/C37H46N4/c1-8-12-13-15-20-28(19-9-2)40(29-21-16-14-17-22-29)30-24-25-31-33(27-30)41-32-23-18-26-38-34(32)39(7)35(41)37(6,11-4)36(31,5)10-3/h9,14-27,35H,2,8,10-13H2,1,3-7H3. The number of hydrogen-bond acceptors (Lipinski definition) is 4. The molecule has 0 radical (unpaired) electrons. The van der Waals surface area contributed by atoms with Crippen molar-refractivity contribution in [3.05, 3.63) is 109 Å². The first kappa shape index (κ1) is 28.7. The molecule has 0 N–H and O–H groups in total. The minimum Gasteiger partial charge on any atom is -0.337 e. The molecule has 0 spiro atoms. The monoisotopic (exact) mass is 546 g/mol. The molecule has 0 amide bonds. The highest BCUT2D eigenvalue weighted by Gasteiger charge is 2.59. The summed E-state index contributed by atoms with van der Waals surface area (Å²) in [6, 6.07) is 22.1. The number of rotatable bonds is 10. The number of pyridine rings is 1. The maximum Gasteiger partial charge on any atom is 0.153 e. The molecule has 3 aromatic rings. The molecular formula is C37H46N4. The summed E-state index contributed by atoms with van der Waals surface area (Å²) in [5.74, 6) is 1.06. The molecule has 2 aromatic carbocycles. The van der Waals surface area contributed by atoms with E-state index in [9.17, 15) is 0 Å². The van der Waals surface area contributed by atoms with Crippen LogP contribution < -0.4 is 14.7 Å². The maximum atomic E-state index is 4.86. The molecule has 4 heteroatoms. The number of benzene rings is 2. The van der Waals surface area contributed by atoms with E-state index in [1.165, 1.54) is 29.8 Å². The molecule has 214 valence electrons. The maximum absolute atomic E-state index is 4.86. The van der Waals surface area contributed by atoms with Gasteiger partial charge in [-0.2, -0.15) is 0 Å². The Morgan fingerprint density at radius 3 is 2.44 bits per heavy atom. The van der Waals surface area contributed by atoms with Crippen LogP contribution in [0.2, 0.25) is 0 Å². The summed E-state index contributed by atoms with van der Waals surface area (Å²) >= 11 is 0. The molecule has 3 unspecified atom stereocenters. The van der Waals surface area contributed by atoms with Crippen LogP contribution in [0.3, 0.4) is 0 Å². The molecule has 5 rings (SSSR count). The van der Waals surface area contributed by atoms with Crippen LogP contribution in [0, 0.1) is 5.41 Å². The first-order valence-electron chi connectivity index (χ1n) is 15.3. The van der Waals surface area contributed by atoms with E-state index in [0.717, 1.165) is 42.2 Å². The van der Waals surface area contributed by atoms with Crippen LogP contribution in [0.25, 0.3) is 0 Å². The average molecular weight is 547 g/mol. The van der Waals surface area contributed by atoms with E-state index in [2.05, 4.69) is 142 Å². The third-order valence-corrected chi connectivity index (χ3v) is 9.91. The summed E-state index contributed by atoms with van der Waals surface area (Å²) in [7, 11) is 2.22. The van der Waals surface area contributed by atoms with Gasteiger partial charge in [0.1, 0.15) is 6.17 Å². The molecule has 0 fully saturated rings. The Bertz CT molecular complexity index is 1440. The number of anilines is 5. The number of nitrogens with zero attached hydrogens (tertiary/aromatic N) is 4. The Hall–Kier alpha value is -3.79. The van der Waals surface area contributed by atoms with E-state index in [0.29, 0.717) is 0 Å². The van der Waals surface area contributed by atoms with E-state index in [-0.39, 0.29) is 17.0 Å². The van der Waals surface area contributed by atoms with Crippen LogP contribution in [0.1, 0.15) is 72.3 Å². The number of aromatic nitrogens is 1. The largest absolute Gasteiger partial charge is 0.337 e. The van der Waals surface area contributed by atoms with Crippen molar-refractivity contribution < 1.29 is 0 Å². The zero-order valence-corrected chi connectivity index (χ0v) is 25.8. The lowest BCUT2D eigenvalue weighted by molar-refractivity contribution is 0.0943. The second-order valence-electron chi connectivity index (χ2n) is 11.9. The number of hydrogen-bond donors (Lipinski definition) is 0. The van der Waals surface area contributed by atoms with Gasteiger partial charge in [0.2, 0.25) is 0 Å². The Balaban J connectivity index is 1.74. The van der Waals surface area contributed by atoms with E-state index in [1.54, 1.807) is 0 Å². The van der Waals surface area contributed by atoms with Gasteiger partial charge in [0.25, 0.3) is 0 Å². The fourth-order valence-electron chi connectivity index (χ4n) is 7.20. The summed E-state index contributed by atoms with van der Waals surface area (Å²) in [6.07, 6.45) is 16.2. The highest BCUT2D eigenvalue weighted by atomic mass is 15.5. The van der Waals surface area contributed by atoms with Crippen molar-refractivity contribution in [2.45, 2.75) is 78.3 Å². The Kier molecular flexibility index (Phi) is 8.13. The first-order chi connectivity index (χ1) is 19.9. The fourth-order valence-corrected chi connectivity index (χ4v) is 7.20. The highest BCUT2D eigenvalue weighted by molar-refractivity contribution is 5.87. The fraction of sp³-hybridized carbons (Fsp3) is 0.378. The SMILES string of the molecule is C=CC=C(C=CCCCC)N(c1ccccc1)c1ccc2c(c1)N1c3cccnc3N(C)C1C(C)(CC)C2(C)CC. The number of unbranched alkanes of at least 4 members (excludes halogenated alkanes) is 2. The van der Waals surface area contributed by atoms with Gasteiger partial charge in [-0.25, -0.2) is 4.98 Å². The van der Waals surface area contributed by atoms with Crippen molar-refractivity contribution in [3.8, 4) is 0 Å². The third-order valence-electron chi connectivity index (χ3n) is 9.91. The Labute approximate surface area is 247 Å². The summed E-state index contributed by atoms with van der Waals surface area (Å²) in [5, 5.41) is 0. The predicted molar refractivity (Wildman–Crippen MR) is 177 cm³/mol. The second kappa shape index (κ2) is 11.6. The lowest BCUT2D eigenvalue weighted by Crippen LogP contribution is -2.62. The van der Waals surface area contributed by atoms with Crippen LogP contribution in [0.15, 0.2) is 103 Å². The van der Waals surface area contributed by atoms with Crippen LogP contribution in [0.4, 0.5) is 28.6 Å².